The van der Waals surface area contributed by atoms with E-state index >= 15 is 0 Å². The predicted molar refractivity (Wildman–Crippen MR) is 187 cm³/mol. The maximum atomic E-state index is 12.1. The molecule has 10 heteroatoms. The monoisotopic (exact) mass is 669 g/mol. The van der Waals surface area contributed by atoms with Crippen molar-refractivity contribution in [1.29, 1.82) is 0 Å². The Morgan fingerprint density at radius 1 is 0.915 bits per heavy atom. The van der Waals surface area contributed by atoms with Crippen molar-refractivity contribution in [2.24, 2.45) is 0 Å². The fraction of sp³-hybridized carbons (Fsp3) is 0.162. The molecule has 240 valence electrons. The average Bonchev–Trinajstić information content (AvgIpc) is 3.45. The molecule has 1 aromatic heterocycles. The van der Waals surface area contributed by atoms with Crippen LogP contribution in [0, 0.1) is 0 Å². The zero-order valence-corrected chi connectivity index (χ0v) is 27.8. The zero-order valence-electron chi connectivity index (χ0n) is 26.3. The summed E-state index contributed by atoms with van der Waals surface area (Å²) >= 11 is 12.7. The van der Waals surface area contributed by atoms with Crippen molar-refractivity contribution in [3.05, 3.63) is 124 Å². The summed E-state index contributed by atoms with van der Waals surface area (Å²) in [6.07, 6.45) is 5.07. The van der Waals surface area contributed by atoms with Crippen molar-refractivity contribution in [2.45, 2.75) is 26.5 Å². The van der Waals surface area contributed by atoms with Gasteiger partial charge in [-0.3, -0.25) is 5.32 Å². The number of aromatic nitrogens is 2. The summed E-state index contributed by atoms with van der Waals surface area (Å²) in [6.45, 7) is 4.04. The van der Waals surface area contributed by atoms with Crippen molar-refractivity contribution in [1.82, 2.24) is 9.55 Å². The standard InChI is InChI=1S/C37H33Cl2N3O5/c1-23(2)47-37(44)41-32-16-13-27(19-34(32)45-3)26-11-8-24(9-12-26)10-17-35-40-33(30-15-14-29(38)20-31(30)39)22-42(35)21-25-6-5-7-28(18-25)36(43)46-4/h5-20,22-23H,21H2,1-4H3,(H,41,44)/b17-10+. The number of nitrogens with one attached hydrogen (secondary N) is 1. The largest absolute Gasteiger partial charge is 0.495 e. The second-order valence-corrected chi connectivity index (χ2v) is 11.7. The van der Waals surface area contributed by atoms with Crippen LogP contribution >= 0.6 is 23.2 Å². The summed E-state index contributed by atoms with van der Waals surface area (Å²) in [4.78, 5) is 29.1. The van der Waals surface area contributed by atoms with Gasteiger partial charge in [-0.2, -0.15) is 0 Å². The number of hydrogen-bond donors (Lipinski definition) is 1. The molecular weight excluding hydrogens is 637 g/mol. The molecule has 0 bridgehead atoms. The number of nitrogens with zero attached hydrogens (tertiary/aromatic N) is 2. The van der Waals surface area contributed by atoms with Crippen LogP contribution in [0.5, 0.6) is 5.75 Å². The third-order valence-electron chi connectivity index (χ3n) is 7.17. The molecule has 1 heterocycles. The third kappa shape index (κ3) is 8.41. The first-order chi connectivity index (χ1) is 22.6. The zero-order chi connectivity index (χ0) is 33.5. The maximum absolute atomic E-state index is 12.1. The predicted octanol–water partition coefficient (Wildman–Crippen LogP) is 9.49. The van der Waals surface area contributed by atoms with E-state index in [1.165, 1.54) is 7.11 Å². The summed E-state index contributed by atoms with van der Waals surface area (Å²) < 4.78 is 17.6. The lowest BCUT2D eigenvalue weighted by atomic mass is 10.0. The minimum atomic E-state index is -0.541. The van der Waals surface area contributed by atoms with Crippen molar-refractivity contribution in [3.8, 4) is 28.1 Å². The van der Waals surface area contributed by atoms with E-state index in [2.05, 4.69) is 5.32 Å². The highest BCUT2D eigenvalue weighted by atomic mass is 35.5. The minimum Gasteiger partial charge on any atom is -0.495 e. The Balaban J connectivity index is 1.40. The van der Waals surface area contributed by atoms with E-state index in [0.29, 0.717) is 45.1 Å². The number of halogens is 2. The molecule has 0 aliphatic heterocycles. The fourth-order valence-electron chi connectivity index (χ4n) is 4.91. The fourth-order valence-corrected chi connectivity index (χ4v) is 5.42. The molecule has 5 rings (SSSR count). The van der Waals surface area contributed by atoms with Gasteiger partial charge < -0.3 is 18.8 Å². The van der Waals surface area contributed by atoms with E-state index < -0.39 is 12.1 Å². The molecule has 0 atom stereocenters. The van der Waals surface area contributed by atoms with E-state index in [0.717, 1.165) is 27.8 Å². The first-order valence-corrected chi connectivity index (χ1v) is 15.5. The Labute approximate surface area is 283 Å². The highest BCUT2D eigenvalue weighted by Crippen LogP contribution is 2.32. The highest BCUT2D eigenvalue weighted by molar-refractivity contribution is 6.36. The van der Waals surface area contributed by atoms with Gasteiger partial charge in [0.2, 0.25) is 0 Å². The number of benzene rings is 4. The Bertz CT molecular complexity index is 1930. The number of hydrogen-bond acceptors (Lipinski definition) is 6. The van der Waals surface area contributed by atoms with Gasteiger partial charge in [-0.1, -0.05) is 71.7 Å². The smallest absolute Gasteiger partial charge is 0.411 e. The topological polar surface area (TPSA) is 91.7 Å². The van der Waals surface area contributed by atoms with Crippen LogP contribution in [-0.2, 0) is 16.0 Å². The van der Waals surface area contributed by atoms with Crippen LogP contribution in [0.3, 0.4) is 0 Å². The molecule has 0 spiro atoms. The van der Waals surface area contributed by atoms with Crippen LogP contribution in [0.15, 0.2) is 91.1 Å². The lowest BCUT2D eigenvalue weighted by molar-refractivity contribution is 0.0600. The van der Waals surface area contributed by atoms with Crippen molar-refractivity contribution in [2.75, 3.05) is 19.5 Å². The minimum absolute atomic E-state index is 0.234. The summed E-state index contributed by atoms with van der Waals surface area (Å²) in [5.41, 5.74) is 6.21. The van der Waals surface area contributed by atoms with Crippen LogP contribution in [0.25, 0.3) is 34.5 Å². The quantitative estimate of drug-likeness (QED) is 0.149. The molecule has 5 aromatic rings. The molecule has 0 unspecified atom stereocenters. The third-order valence-corrected chi connectivity index (χ3v) is 7.71. The molecule has 1 N–H and O–H groups in total. The van der Waals surface area contributed by atoms with Crippen LogP contribution < -0.4 is 10.1 Å². The van der Waals surface area contributed by atoms with Gasteiger partial charge in [0.25, 0.3) is 0 Å². The molecule has 1 amide bonds. The molecular formula is C37H33Cl2N3O5. The maximum Gasteiger partial charge on any atom is 0.411 e. The summed E-state index contributed by atoms with van der Waals surface area (Å²) in [5.74, 6) is 0.821. The molecule has 4 aromatic carbocycles. The van der Waals surface area contributed by atoms with Gasteiger partial charge >= 0.3 is 12.1 Å². The lowest BCUT2D eigenvalue weighted by Crippen LogP contribution is -2.18. The number of methoxy groups -OCH3 is 2. The Hall–Kier alpha value is -5.05. The second-order valence-electron chi connectivity index (χ2n) is 10.9. The summed E-state index contributed by atoms with van der Waals surface area (Å²) in [7, 11) is 2.92. The number of imidazole rings is 1. The number of rotatable bonds is 10. The van der Waals surface area contributed by atoms with Gasteiger partial charge in [-0.25, -0.2) is 14.6 Å². The SMILES string of the molecule is COC(=O)c1cccc(Cn2cc(-c3ccc(Cl)cc3Cl)nc2/C=C/c2ccc(-c3ccc(NC(=O)OC(C)C)c(OC)c3)cc2)c1. The first-order valence-electron chi connectivity index (χ1n) is 14.8. The molecule has 0 fully saturated rings. The molecule has 0 aliphatic rings. The first kappa shape index (κ1) is 33.3. The molecule has 8 nitrogen and oxygen atoms in total. The van der Waals surface area contributed by atoms with E-state index in [9.17, 15) is 9.59 Å². The van der Waals surface area contributed by atoms with Crippen LogP contribution in [0.2, 0.25) is 10.0 Å². The summed E-state index contributed by atoms with van der Waals surface area (Å²) in [5, 5.41) is 3.76. The van der Waals surface area contributed by atoms with Crippen molar-refractivity contribution < 1.29 is 23.8 Å². The van der Waals surface area contributed by atoms with Crippen LogP contribution in [-0.4, -0.2) is 41.9 Å². The van der Waals surface area contributed by atoms with E-state index in [-0.39, 0.29) is 6.10 Å². The van der Waals surface area contributed by atoms with Gasteiger partial charge in [0.15, 0.2) is 0 Å². The van der Waals surface area contributed by atoms with E-state index in [1.54, 1.807) is 45.2 Å². The summed E-state index contributed by atoms with van der Waals surface area (Å²) in [6, 6.07) is 26.2. The average molecular weight is 671 g/mol. The lowest BCUT2D eigenvalue weighted by Gasteiger charge is -2.13. The van der Waals surface area contributed by atoms with Crippen molar-refractivity contribution in [3.63, 3.8) is 0 Å². The molecule has 0 saturated heterocycles. The van der Waals surface area contributed by atoms with Crippen LogP contribution in [0.1, 0.15) is 41.2 Å². The number of anilines is 1. The van der Waals surface area contributed by atoms with Crippen LogP contribution in [0.4, 0.5) is 10.5 Å². The normalized spacial score (nSPS) is 11.1. The van der Waals surface area contributed by atoms with Gasteiger partial charge in [-0.15, -0.1) is 0 Å². The number of esters is 1. The Morgan fingerprint density at radius 3 is 2.38 bits per heavy atom. The number of carbonyl (C=O) groups excluding carboxylic acids is 2. The highest BCUT2D eigenvalue weighted by Gasteiger charge is 2.14. The number of ether oxygens (including phenoxy) is 3. The van der Waals surface area contributed by atoms with E-state index in [4.69, 9.17) is 42.4 Å². The second kappa shape index (κ2) is 15.0. The van der Waals surface area contributed by atoms with Crippen molar-refractivity contribution >= 4 is 53.1 Å². The molecule has 0 radical (unpaired) electrons. The Kier molecular flexibility index (Phi) is 10.7. The van der Waals surface area contributed by atoms with Gasteiger partial charge in [0, 0.05) is 23.3 Å². The van der Waals surface area contributed by atoms with Gasteiger partial charge in [0.05, 0.1) is 42.3 Å². The molecule has 0 aliphatic carbocycles. The number of carbonyl (C=O) groups is 2. The van der Waals surface area contributed by atoms with E-state index in [1.807, 2.05) is 83.6 Å². The Morgan fingerprint density at radius 2 is 1.68 bits per heavy atom. The van der Waals surface area contributed by atoms with Gasteiger partial charge in [-0.05, 0) is 84.6 Å². The number of amides is 1. The van der Waals surface area contributed by atoms with Gasteiger partial charge in [0.1, 0.15) is 11.6 Å². The molecule has 47 heavy (non-hydrogen) atoms. The molecule has 0 saturated carbocycles.